The normalized spacial score (nSPS) is 11.9. The first-order chi connectivity index (χ1) is 59.9. The van der Waals surface area contributed by atoms with Crippen molar-refractivity contribution in [2.75, 3.05) is 52.9 Å². The molecular formula is C88H77ClF18N4O16. The number of carbonyl (C=O) groups is 3. The number of benzene rings is 10. The maximum absolute atomic E-state index is 13.2. The minimum Gasteiger partial charge on any atom is -0.493 e. The predicted octanol–water partition coefficient (Wildman–Crippen LogP) is 22.5. The fourth-order valence-electron chi connectivity index (χ4n) is 13.3. The highest BCUT2D eigenvalue weighted by Crippen LogP contribution is 2.45. The zero-order chi connectivity index (χ0) is 92.9. The molecule has 0 unspecified atom stereocenters. The van der Waals surface area contributed by atoms with Crippen LogP contribution in [0.25, 0.3) is 0 Å². The summed E-state index contributed by atoms with van der Waals surface area (Å²) < 4.78 is 286. The molecule has 20 nitrogen and oxygen atoms in total. The Labute approximate surface area is 718 Å². The highest BCUT2D eigenvalue weighted by Gasteiger charge is 2.44. The van der Waals surface area contributed by atoms with Crippen molar-refractivity contribution < 1.29 is 150 Å². The van der Waals surface area contributed by atoms with Gasteiger partial charge in [-0.3, -0.25) is 10.1 Å². The minimum atomic E-state index is -5.06. The number of methoxy groups -OCH3 is 2. The lowest BCUT2D eigenvalue weighted by Gasteiger charge is -2.36. The molecule has 0 aliphatic carbocycles. The number of nitrogens with zero attached hydrogens (tertiary/aromatic N) is 1. The Morgan fingerprint density at radius 1 is 0.370 bits per heavy atom. The average Bonchev–Trinajstić information content (AvgIpc) is 0.773. The molecule has 0 aliphatic rings. The van der Waals surface area contributed by atoms with E-state index in [1.54, 1.807) is 97.1 Å². The zero-order valence-electron chi connectivity index (χ0n) is 66.6. The van der Waals surface area contributed by atoms with Gasteiger partial charge in [0, 0.05) is 41.8 Å². The Balaban J connectivity index is 0.000000238. The van der Waals surface area contributed by atoms with E-state index in [0.29, 0.717) is 29.5 Å². The van der Waals surface area contributed by atoms with E-state index in [-0.39, 0.29) is 102 Å². The topological polar surface area (TPSA) is 232 Å². The van der Waals surface area contributed by atoms with Gasteiger partial charge in [0.25, 0.3) is 5.69 Å². The van der Waals surface area contributed by atoms with Gasteiger partial charge in [0.2, 0.25) is 0 Å². The van der Waals surface area contributed by atoms with Crippen molar-refractivity contribution in [2.24, 2.45) is 0 Å². The van der Waals surface area contributed by atoms with Crippen LogP contribution in [0.3, 0.4) is 0 Å². The number of nitro groups is 1. The van der Waals surface area contributed by atoms with Crippen molar-refractivity contribution in [1.82, 2.24) is 16.0 Å². The van der Waals surface area contributed by atoms with E-state index in [0.717, 1.165) is 78.9 Å². The van der Waals surface area contributed by atoms with Gasteiger partial charge in [-0.05, 0) is 161 Å². The van der Waals surface area contributed by atoms with Gasteiger partial charge in [0.15, 0.2) is 11.5 Å². The molecule has 0 aromatic heterocycles. The van der Waals surface area contributed by atoms with Crippen LogP contribution in [-0.2, 0) is 56.3 Å². The monoisotopic (exact) mass is 1820 g/mol. The molecule has 0 bridgehead atoms. The van der Waals surface area contributed by atoms with Gasteiger partial charge >= 0.3 is 56.5 Å². The number of ether oxygens (including phenoxy) is 11. The molecular weight excluding hydrogens is 1750 g/mol. The molecule has 39 heteroatoms. The lowest BCUT2D eigenvalue weighted by atomic mass is 9.70. The number of rotatable bonds is 35. The van der Waals surface area contributed by atoms with Crippen LogP contribution < -0.4 is 53.8 Å². The van der Waals surface area contributed by atoms with Crippen LogP contribution in [0.15, 0.2) is 261 Å². The number of carbonyl (C=O) groups excluding carboxylic acids is 3. The molecule has 10 rings (SSSR count). The molecule has 127 heavy (non-hydrogen) atoms. The Hall–Kier alpha value is -13.4. The van der Waals surface area contributed by atoms with Gasteiger partial charge in [0.05, 0.1) is 44.0 Å². The fraction of sp³-hybridized carbons (Fsp3) is 0.261. The van der Waals surface area contributed by atoms with Gasteiger partial charge < -0.3 is 68.1 Å². The summed E-state index contributed by atoms with van der Waals surface area (Å²) >= 11 is 5.61. The molecule has 0 saturated heterocycles. The van der Waals surface area contributed by atoms with Crippen LogP contribution >= 0.6 is 11.6 Å². The smallest absolute Gasteiger partial charge is 0.493 e. The third kappa shape index (κ3) is 31.6. The van der Waals surface area contributed by atoms with Crippen LogP contribution in [0.5, 0.6) is 46.0 Å². The van der Waals surface area contributed by atoms with Crippen molar-refractivity contribution in [2.45, 2.75) is 93.1 Å². The van der Waals surface area contributed by atoms with Crippen molar-refractivity contribution >= 4 is 35.6 Å². The SMILES string of the molecule is C=CCCOC(=O)NCC(Cc1ccccc1)(c1cccc(OC(F)(F)F)c1)c1cccc(OC(F)(F)F)c1.COc1cc(COC(=O)NCC(Cc2ccccc2)(c2cccc(OC(F)(F)F)c2)c2cccc(OC(F)(F)F)c2)c([N+](=O)[O-])cc1OC.O=C(NCC(Cc1ccccc1)(c1cccc(OC(F)(F)F)c1)c1cccc(OC(F)(F)F)c1)OCCCCl. The minimum absolute atomic E-state index is 0.0187. The molecule has 678 valence electrons. The second-order valence-electron chi connectivity index (χ2n) is 27.3. The first-order valence-electron chi connectivity index (χ1n) is 37.5. The Bertz CT molecular complexity index is 5070. The molecule has 0 radical (unpaired) electrons. The molecule has 3 amide bonds. The number of hydrogen-bond acceptors (Lipinski definition) is 16. The molecule has 0 aliphatic heterocycles. The lowest BCUT2D eigenvalue weighted by Crippen LogP contribution is -2.43. The van der Waals surface area contributed by atoms with E-state index >= 15 is 0 Å². The van der Waals surface area contributed by atoms with Gasteiger partial charge in [-0.2, -0.15) is 0 Å². The van der Waals surface area contributed by atoms with Crippen LogP contribution in [0, 0.1) is 10.1 Å². The Morgan fingerprint density at radius 2 is 0.630 bits per heavy atom. The lowest BCUT2D eigenvalue weighted by molar-refractivity contribution is -0.385. The van der Waals surface area contributed by atoms with E-state index < -0.39 is 131 Å². The molecule has 3 N–H and O–H groups in total. The van der Waals surface area contributed by atoms with E-state index in [1.165, 1.54) is 93.1 Å². The summed E-state index contributed by atoms with van der Waals surface area (Å²) in [4.78, 5) is 49.1. The molecule has 0 atom stereocenters. The van der Waals surface area contributed by atoms with Gasteiger partial charge in [0.1, 0.15) is 41.1 Å². The van der Waals surface area contributed by atoms with Gasteiger partial charge in [-0.25, -0.2) is 14.4 Å². The summed E-state index contributed by atoms with van der Waals surface area (Å²) in [6.45, 7) is 2.03. The number of hydrogen-bond donors (Lipinski definition) is 3. The standard InChI is InChI=1S/C33H28F6N2O8.C28H25F6NO4.C27H24ClF6NO4/c1-45-28-14-22(27(41(43)44)17-29(28)46-2)19-47-30(42)40-20-31(18-21-8-4-3-5-9-21,23-10-6-12-25(15-23)48-32(34,35)36)24-11-7-13-26(16-24)49-33(37,38)39;1-2-3-15-37-25(36)35-19-26(18-20-9-5-4-6-10-20,21-11-7-13-23(16-21)38-27(29,30)31)22-12-8-14-24(17-22)39-28(32,33)34;28-13-6-14-37-24(36)35-18-25(17-19-7-2-1-3-8-19,20-9-4-11-22(15-20)38-26(29,30)31)21-10-5-12-23(16-21)39-27(32,33)34/h3-17H,18-20H2,1-2H3,(H,40,42);2,4-14,16-17H,1,3,15,18-19H2,(H,35,36);1-5,7-12,15-16H,6,13-14,17-18H2,(H,35,36). The molecule has 0 fully saturated rings. The second kappa shape index (κ2) is 44.4. The Kier molecular flexibility index (Phi) is 34.7. The van der Waals surface area contributed by atoms with E-state index in [4.69, 9.17) is 35.3 Å². The fourth-order valence-corrected chi connectivity index (χ4v) is 13.4. The molecule has 0 spiro atoms. The number of halogens is 19. The summed E-state index contributed by atoms with van der Waals surface area (Å²) in [5, 5.41) is 19.5. The first kappa shape index (κ1) is 99.0. The van der Waals surface area contributed by atoms with Crippen molar-refractivity contribution in [1.29, 1.82) is 0 Å². The van der Waals surface area contributed by atoms with E-state index in [1.807, 2.05) is 0 Å². The van der Waals surface area contributed by atoms with Crippen LogP contribution in [0.1, 0.15) is 68.5 Å². The average molecular weight is 1820 g/mol. The van der Waals surface area contributed by atoms with Crippen molar-refractivity contribution in [3.63, 3.8) is 0 Å². The van der Waals surface area contributed by atoms with Crippen molar-refractivity contribution in [3.05, 3.63) is 327 Å². The highest BCUT2D eigenvalue weighted by molar-refractivity contribution is 6.17. The summed E-state index contributed by atoms with van der Waals surface area (Å²) in [6.07, 6.45) is -30.4. The number of nitrogens with one attached hydrogen (secondary N) is 3. The van der Waals surface area contributed by atoms with E-state index in [2.05, 4.69) is 51.0 Å². The molecule has 0 saturated carbocycles. The summed E-state index contributed by atoms with van der Waals surface area (Å²) in [5.74, 6) is -2.94. The maximum atomic E-state index is 13.2. The van der Waals surface area contributed by atoms with E-state index in [9.17, 15) is 104 Å². The second-order valence-corrected chi connectivity index (χ2v) is 27.7. The number of alkyl carbamates (subject to hydrolysis) is 3. The molecule has 0 heterocycles. The number of alkyl halides is 19. The van der Waals surface area contributed by atoms with Gasteiger partial charge in [-0.15, -0.1) is 97.2 Å². The summed E-state index contributed by atoms with van der Waals surface area (Å²) in [6, 6.07) is 58.2. The molecule has 10 aromatic carbocycles. The largest absolute Gasteiger partial charge is 0.573 e. The summed E-state index contributed by atoms with van der Waals surface area (Å²) in [7, 11) is 2.58. The van der Waals surface area contributed by atoms with Gasteiger partial charge in [-0.1, -0.05) is 170 Å². The number of amides is 3. The predicted molar refractivity (Wildman–Crippen MR) is 425 cm³/mol. The first-order valence-corrected chi connectivity index (χ1v) is 38.0. The Morgan fingerprint density at radius 3 is 0.874 bits per heavy atom. The maximum Gasteiger partial charge on any atom is 0.573 e. The summed E-state index contributed by atoms with van der Waals surface area (Å²) in [5.41, 5.74) is -1.64. The molecule has 10 aromatic rings. The third-order valence-electron chi connectivity index (χ3n) is 18.6. The number of nitro benzene ring substituents is 1. The highest BCUT2D eigenvalue weighted by atomic mass is 35.5. The third-order valence-corrected chi connectivity index (χ3v) is 18.8. The quantitative estimate of drug-likeness (QED) is 0.00637. The van der Waals surface area contributed by atoms with Crippen LogP contribution in [0.4, 0.5) is 99.1 Å². The van der Waals surface area contributed by atoms with Crippen molar-refractivity contribution in [3.8, 4) is 46.0 Å². The van der Waals surface area contributed by atoms with Crippen LogP contribution in [0.2, 0.25) is 0 Å². The van der Waals surface area contributed by atoms with Crippen LogP contribution in [-0.4, -0.2) is 114 Å². The zero-order valence-corrected chi connectivity index (χ0v) is 67.4.